The normalized spacial score (nSPS) is 54.2. The molecule has 4 saturated carbocycles. The molecule has 0 aromatic rings. The van der Waals surface area contributed by atoms with Crippen molar-refractivity contribution in [1.29, 1.82) is 0 Å². The van der Waals surface area contributed by atoms with Crippen molar-refractivity contribution in [2.24, 2.45) is 50.2 Å². The summed E-state index contributed by atoms with van der Waals surface area (Å²) in [6.07, 6.45) is 1.14. The molecule has 4 N–H and O–H groups in total. The molecule has 1 saturated heterocycles. The Morgan fingerprint density at radius 3 is 2.29 bits per heavy atom. The van der Waals surface area contributed by atoms with Crippen LogP contribution in [-0.4, -0.2) is 75.6 Å². The van der Waals surface area contributed by atoms with E-state index in [1.165, 1.54) is 5.57 Å². The van der Waals surface area contributed by atoms with Gasteiger partial charge in [0, 0.05) is 17.3 Å². The van der Waals surface area contributed by atoms with E-state index >= 15 is 0 Å². The van der Waals surface area contributed by atoms with Crippen molar-refractivity contribution < 1.29 is 44.6 Å². The number of carbonyl (C=O) groups is 2. The Balaban J connectivity index is 1.30. The summed E-state index contributed by atoms with van der Waals surface area (Å²) in [4.78, 5) is 25.2. The van der Waals surface area contributed by atoms with Gasteiger partial charge in [0.2, 0.25) is 0 Å². The molecule has 0 bridgehead atoms. The van der Waals surface area contributed by atoms with Crippen molar-refractivity contribution >= 4 is 11.8 Å². The summed E-state index contributed by atoms with van der Waals surface area (Å²) in [5.74, 6) is -0.563. The van der Waals surface area contributed by atoms with Gasteiger partial charge < -0.3 is 39.8 Å². The van der Waals surface area contributed by atoms with E-state index in [0.29, 0.717) is 24.5 Å². The number of carboxylic acid groups (broad SMARTS) is 1. The van der Waals surface area contributed by atoms with Crippen molar-refractivity contribution in [3.63, 3.8) is 0 Å². The number of ether oxygens (including phenoxy) is 2. The zero-order valence-corrected chi connectivity index (χ0v) is 28.2. The molecule has 45 heavy (non-hydrogen) atoms. The number of Topliss-reactive ketones (excluding diaryl/α,β-unsaturated/α-hetero) is 1. The third-order valence-corrected chi connectivity index (χ3v) is 15.0. The molecule has 9 nitrogen and oxygen atoms in total. The van der Waals surface area contributed by atoms with Crippen LogP contribution in [0.2, 0.25) is 0 Å². The standard InChI is InChI=1S/C36H56O9/c1-31(2)16-20-19-8-9-22-33(4)12-11-24(44-30-27(41)25(39)26(40)28(45-30)29(42)43)34(5,18-37)21(33)10-13-36(22,7)35(19,6)15-14-32(20,3)23(38)17-31/h8,20-22,24-28,30,37,39-41H,9-18H2,1-7H3,(H,42,43)/p-1/t20-,21+,22+,24-,25-,26-,27+,28-,30+,32+,33-,34+,35+,36?/m0/s1. The third-order valence-electron chi connectivity index (χ3n) is 15.0. The Kier molecular flexibility index (Phi) is 7.88. The van der Waals surface area contributed by atoms with Gasteiger partial charge >= 0.3 is 0 Å². The van der Waals surface area contributed by atoms with Gasteiger partial charge in [0.15, 0.2) is 6.29 Å². The molecule has 1 unspecified atom stereocenters. The fraction of sp³-hybridized carbons (Fsp3) is 0.889. The lowest BCUT2D eigenvalue weighted by atomic mass is 9.33. The summed E-state index contributed by atoms with van der Waals surface area (Å²) >= 11 is 0. The Bertz CT molecular complexity index is 1260. The van der Waals surface area contributed by atoms with Crippen LogP contribution in [0, 0.1) is 50.2 Å². The second kappa shape index (κ2) is 10.6. The SMILES string of the molecule is CC1(C)CC(=O)[C@]2(C)CC[C@]3(C)C(=CC[C@H]4C3(C)CC[C@@H]3[C@]4(C)CC[C@H](O[C@@H]4O[C@H](C(=O)[O-])[C@@H](O)[C@H](O)[C@H]4O)[C@]3(C)CO)[C@@H]2C1. The lowest BCUT2D eigenvalue weighted by molar-refractivity contribution is -0.360. The molecule has 0 radical (unpaired) electrons. The lowest BCUT2D eigenvalue weighted by Gasteiger charge is -2.71. The molecule has 1 aliphatic heterocycles. The number of ketones is 1. The molecule has 14 atom stereocenters. The Labute approximate surface area is 267 Å². The molecule has 6 aliphatic rings. The van der Waals surface area contributed by atoms with Gasteiger partial charge in [-0.05, 0) is 90.8 Å². The topological polar surface area (TPSA) is 157 Å². The average Bonchev–Trinajstić information content (AvgIpc) is 2.96. The lowest BCUT2D eigenvalue weighted by Crippen LogP contribution is -2.67. The van der Waals surface area contributed by atoms with Gasteiger partial charge in [0.1, 0.15) is 30.2 Å². The highest BCUT2D eigenvalue weighted by Gasteiger charge is 2.69. The number of hydrogen-bond donors (Lipinski definition) is 4. The first kappa shape index (κ1) is 33.5. The molecule has 5 fully saturated rings. The van der Waals surface area contributed by atoms with Crippen molar-refractivity contribution in [2.75, 3.05) is 6.61 Å². The van der Waals surface area contributed by atoms with E-state index in [2.05, 4.69) is 47.6 Å². The molecular weight excluding hydrogens is 576 g/mol. The van der Waals surface area contributed by atoms with E-state index < -0.39 is 48.2 Å². The van der Waals surface area contributed by atoms with Gasteiger partial charge in [-0.25, -0.2) is 0 Å². The first-order valence-corrected chi connectivity index (χ1v) is 17.2. The van der Waals surface area contributed by atoms with Crippen molar-refractivity contribution in [3.05, 3.63) is 11.6 Å². The first-order chi connectivity index (χ1) is 20.8. The number of allylic oxidation sites excluding steroid dienone is 2. The highest BCUT2D eigenvalue weighted by molar-refractivity contribution is 5.87. The minimum absolute atomic E-state index is 0.00613. The van der Waals surface area contributed by atoms with Crippen molar-refractivity contribution in [2.45, 2.75) is 143 Å². The molecule has 6 rings (SSSR count). The summed E-state index contributed by atoms with van der Waals surface area (Å²) in [5, 5.41) is 53.8. The largest absolute Gasteiger partial charge is 0.547 e. The van der Waals surface area contributed by atoms with Crippen LogP contribution in [0.25, 0.3) is 0 Å². The molecular formula is C36H55O9-. The van der Waals surface area contributed by atoms with E-state index in [-0.39, 0.29) is 45.5 Å². The van der Waals surface area contributed by atoms with E-state index in [1.54, 1.807) is 0 Å². The smallest absolute Gasteiger partial charge is 0.187 e. The summed E-state index contributed by atoms with van der Waals surface area (Å²) in [6.45, 7) is 15.9. The predicted octanol–water partition coefficient (Wildman–Crippen LogP) is 2.90. The second-order valence-electron chi connectivity index (χ2n) is 17.8. The molecule has 0 amide bonds. The molecule has 5 aliphatic carbocycles. The van der Waals surface area contributed by atoms with Gasteiger partial charge in [-0.3, -0.25) is 4.79 Å². The number of carboxylic acids is 1. The van der Waals surface area contributed by atoms with Crippen LogP contribution in [0.5, 0.6) is 0 Å². The van der Waals surface area contributed by atoms with Crippen LogP contribution >= 0.6 is 0 Å². The van der Waals surface area contributed by atoms with Crippen molar-refractivity contribution in [3.8, 4) is 0 Å². The maximum absolute atomic E-state index is 13.6. The Morgan fingerprint density at radius 2 is 1.64 bits per heavy atom. The number of aliphatic hydroxyl groups is 4. The number of aliphatic hydroxyl groups excluding tert-OH is 4. The fourth-order valence-corrected chi connectivity index (χ4v) is 12.0. The van der Waals surface area contributed by atoms with Gasteiger partial charge in [0.25, 0.3) is 0 Å². The van der Waals surface area contributed by atoms with Crippen molar-refractivity contribution in [1.82, 2.24) is 0 Å². The summed E-state index contributed by atoms with van der Waals surface area (Å²) < 4.78 is 11.7. The molecule has 254 valence electrons. The molecule has 0 aromatic carbocycles. The first-order valence-electron chi connectivity index (χ1n) is 17.2. The highest BCUT2D eigenvalue weighted by Crippen LogP contribution is 2.75. The van der Waals surface area contributed by atoms with Crippen LogP contribution in [-0.2, 0) is 19.1 Å². The molecule has 0 spiro atoms. The number of carbonyl (C=O) groups excluding carboxylic acids is 2. The molecule has 9 heteroatoms. The molecule has 1 heterocycles. The maximum atomic E-state index is 13.6. The average molecular weight is 632 g/mol. The maximum Gasteiger partial charge on any atom is 0.187 e. The van der Waals surface area contributed by atoms with E-state index in [1.807, 2.05) is 6.92 Å². The highest BCUT2D eigenvalue weighted by atomic mass is 16.7. The predicted molar refractivity (Wildman–Crippen MR) is 163 cm³/mol. The van der Waals surface area contributed by atoms with Crippen LogP contribution in [0.1, 0.15) is 106 Å². The minimum Gasteiger partial charge on any atom is -0.547 e. The minimum atomic E-state index is -1.85. The fourth-order valence-electron chi connectivity index (χ4n) is 12.0. The van der Waals surface area contributed by atoms with Gasteiger partial charge in [0.05, 0.1) is 18.7 Å². The Hall–Kier alpha value is -1.36. The molecule has 0 aromatic heterocycles. The van der Waals surface area contributed by atoms with E-state index in [4.69, 9.17) is 9.47 Å². The van der Waals surface area contributed by atoms with E-state index in [0.717, 1.165) is 44.9 Å². The summed E-state index contributed by atoms with van der Waals surface area (Å²) in [5.41, 5.74) is 0.365. The number of rotatable bonds is 4. The quantitative estimate of drug-likeness (QED) is 0.271. The number of aliphatic carboxylic acids is 1. The van der Waals surface area contributed by atoms with Gasteiger partial charge in [-0.15, -0.1) is 0 Å². The summed E-state index contributed by atoms with van der Waals surface area (Å²) in [7, 11) is 0. The van der Waals surface area contributed by atoms with Crippen LogP contribution in [0.4, 0.5) is 0 Å². The zero-order chi connectivity index (χ0) is 33.1. The van der Waals surface area contributed by atoms with Gasteiger partial charge in [-0.2, -0.15) is 0 Å². The monoisotopic (exact) mass is 631 g/mol. The van der Waals surface area contributed by atoms with Crippen LogP contribution in [0.15, 0.2) is 11.6 Å². The van der Waals surface area contributed by atoms with Crippen LogP contribution in [0.3, 0.4) is 0 Å². The Morgan fingerprint density at radius 1 is 0.956 bits per heavy atom. The third kappa shape index (κ3) is 4.53. The zero-order valence-electron chi connectivity index (χ0n) is 28.2. The van der Waals surface area contributed by atoms with Crippen LogP contribution < -0.4 is 5.11 Å². The summed E-state index contributed by atoms with van der Waals surface area (Å²) in [6, 6.07) is 0. The van der Waals surface area contributed by atoms with E-state index in [9.17, 15) is 35.1 Å². The second-order valence-corrected chi connectivity index (χ2v) is 17.8. The number of hydrogen-bond acceptors (Lipinski definition) is 9. The number of fused-ring (bicyclic) bond motifs is 7. The van der Waals surface area contributed by atoms with Gasteiger partial charge in [-0.1, -0.05) is 60.1 Å².